The molecule has 0 aromatic heterocycles. The number of nitro groups is 1. The molecule has 118 valence electrons. The van der Waals surface area contributed by atoms with Crippen LogP contribution in [0.2, 0.25) is 0 Å². The maximum absolute atomic E-state index is 11.0. The number of hydrazone groups is 1. The lowest BCUT2D eigenvalue weighted by Crippen LogP contribution is -2.22. The fraction of sp³-hybridized carbons (Fsp3) is 0.500. The zero-order valence-electron chi connectivity index (χ0n) is 13.8. The summed E-state index contributed by atoms with van der Waals surface area (Å²) in [6.45, 7) is 6.51. The van der Waals surface area contributed by atoms with Crippen LogP contribution in [0.4, 0.5) is 11.4 Å². The fourth-order valence-corrected chi connectivity index (χ4v) is 2.51. The van der Waals surface area contributed by atoms with Gasteiger partial charge in [0.05, 0.1) is 16.3 Å². The van der Waals surface area contributed by atoms with Crippen LogP contribution in [0.5, 0.6) is 0 Å². The molecule has 0 radical (unpaired) electrons. The van der Waals surface area contributed by atoms with Crippen LogP contribution in [0.25, 0.3) is 0 Å². The fourth-order valence-electron chi connectivity index (χ4n) is 2.51. The Morgan fingerprint density at radius 1 is 1.36 bits per heavy atom. The van der Waals surface area contributed by atoms with Gasteiger partial charge in [-0.15, -0.1) is 0 Å². The normalized spacial score (nSPS) is 16.2. The average molecular weight is 302 g/mol. The maximum atomic E-state index is 11.0. The largest absolute Gasteiger partial charge is 0.303 e. The second-order valence-corrected chi connectivity index (χ2v) is 6.94. The SMILES string of the molecule is CN(C)/N=C1\CC(CC(C)(C)C)=Nc2ccc([N+](=O)[O-])cc21. The molecule has 1 aliphatic rings. The van der Waals surface area contributed by atoms with E-state index in [2.05, 4.69) is 30.9 Å². The van der Waals surface area contributed by atoms with Gasteiger partial charge in [0, 0.05) is 43.9 Å². The topological polar surface area (TPSA) is 71.1 Å². The minimum atomic E-state index is -0.387. The molecule has 1 aliphatic heterocycles. The molecular weight excluding hydrogens is 280 g/mol. The third kappa shape index (κ3) is 3.90. The summed E-state index contributed by atoms with van der Waals surface area (Å²) in [5.41, 5.74) is 3.62. The zero-order valence-corrected chi connectivity index (χ0v) is 13.8. The molecule has 0 unspecified atom stereocenters. The van der Waals surface area contributed by atoms with Gasteiger partial charge in [0.25, 0.3) is 5.69 Å². The number of benzene rings is 1. The van der Waals surface area contributed by atoms with E-state index in [-0.39, 0.29) is 16.0 Å². The summed E-state index contributed by atoms with van der Waals surface area (Å²) in [5, 5.41) is 17.2. The zero-order chi connectivity index (χ0) is 16.5. The van der Waals surface area contributed by atoms with Gasteiger partial charge < -0.3 is 5.01 Å². The van der Waals surface area contributed by atoms with Crippen LogP contribution in [0.15, 0.2) is 28.3 Å². The Labute approximate surface area is 130 Å². The van der Waals surface area contributed by atoms with Gasteiger partial charge in [0.1, 0.15) is 0 Å². The quantitative estimate of drug-likeness (QED) is 0.630. The third-order valence-electron chi connectivity index (χ3n) is 3.21. The Kier molecular flexibility index (Phi) is 4.30. The second-order valence-electron chi connectivity index (χ2n) is 6.94. The van der Waals surface area contributed by atoms with E-state index in [9.17, 15) is 10.1 Å². The molecule has 0 N–H and O–H groups in total. The van der Waals surface area contributed by atoms with E-state index in [0.717, 1.165) is 29.1 Å². The van der Waals surface area contributed by atoms with Gasteiger partial charge in [0.2, 0.25) is 0 Å². The number of hydrogen-bond acceptors (Lipinski definition) is 5. The van der Waals surface area contributed by atoms with Crippen LogP contribution in [0, 0.1) is 15.5 Å². The molecule has 22 heavy (non-hydrogen) atoms. The molecular formula is C16H22N4O2. The van der Waals surface area contributed by atoms with E-state index in [1.54, 1.807) is 17.1 Å². The highest BCUT2D eigenvalue weighted by molar-refractivity contribution is 6.18. The molecule has 6 heteroatoms. The molecule has 0 bridgehead atoms. The third-order valence-corrected chi connectivity index (χ3v) is 3.21. The van der Waals surface area contributed by atoms with Crippen LogP contribution in [0.3, 0.4) is 0 Å². The van der Waals surface area contributed by atoms with Crippen LogP contribution in [0.1, 0.15) is 39.2 Å². The highest BCUT2D eigenvalue weighted by atomic mass is 16.6. The van der Waals surface area contributed by atoms with Gasteiger partial charge in [-0.1, -0.05) is 20.8 Å². The molecule has 0 fully saturated rings. The number of fused-ring (bicyclic) bond motifs is 1. The summed E-state index contributed by atoms with van der Waals surface area (Å²) in [7, 11) is 3.69. The number of rotatable bonds is 3. The standard InChI is InChI=1S/C16H22N4O2/c1-16(2,3)10-11-8-15(18-19(4)5)13-9-12(20(21)22)6-7-14(13)17-11/h6-7,9H,8,10H2,1-5H3/b18-15+. The second kappa shape index (κ2) is 5.87. The molecule has 0 saturated carbocycles. The molecule has 1 aromatic rings. The van der Waals surface area contributed by atoms with Crippen molar-refractivity contribution in [3.8, 4) is 0 Å². The molecule has 6 nitrogen and oxygen atoms in total. The lowest BCUT2D eigenvalue weighted by molar-refractivity contribution is -0.384. The number of non-ortho nitro benzene ring substituents is 1. The van der Waals surface area contributed by atoms with Crippen LogP contribution >= 0.6 is 0 Å². The van der Waals surface area contributed by atoms with Crippen LogP contribution in [-0.4, -0.2) is 35.5 Å². The van der Waals surface area contributed by atoms with Crippen LogP contribution in [-0.2, 0) is 0 Å². The number of nitro benzene ring substituents is 1. The molecule has 2 rings (SSSR count). The summed E-state index contributed by atoms with van der Waals surface area (Å²) in [4.78, 5) is 15.3. The first-order valence-corrected chi connectivity index (χ1v) is 7.26. The van der Waals surface area contributed by atoms with Crippen molar-refractivity contribution in [1.29, 1.82) is 0 Å². The summed E-state index contributed by atoms with van der Waals surface area (Å²) in [6.07, 6.45) is 1.50. The first-order valence-electron chi connectivity index (χ1n) is 7.26. The van der Waals surface area contributed by atoms with E-state index < -0.39 is 0 Å². The minimum absolute atomic E-state index is 0.0691. The van der Waals surface area contributed by atoms with Crippen molar-refractivity contribution in [2.45, 2.75) is 33.6 Å². The summed E-state index contributed by atoms with van der Waals surface area (Å²) < 4.78 is 0. The van der Waals surface area contributed by atoms with Gasteiger partial charge in [0.15, 0.2) is 0 Å². The van der Waals surface area contributed by atoms with Crippen molar-refractivity contribution in [2.24, 2.45) is 15.5 Å². The van der Waals surface area contributed by atoms with Crippen LogP contribution < -0.4 is 0 Å². The van der Waals surface area contributed by atoms with Gasteiger partial charge in [-0.3, -0.25) is 15.1 Å². The van der Waals surface area contributed by atoms with E-state index in [0.29, 0.717) is 6.42 Å². The predicted molar refractivity (Wildman–Crippen MR) is 89.1 cm³/mol. The first kappa shape index (κ1) is 16.1. The molecule has 0 amide bonds. The molecule has 0 spiro atoms. The monoisotopic (exact) mass is 302 g/mol. The average Bonchev–Trinajstić information content (AvgIpc) is 2.35. The summed E-state index contributed by atoms with van der Waals surface area (Å²) in [5.74, 6) is 0. The van der Waals surface area contributed by atoms with Gasteiger partial charge in [-0.2, -0.15) is 5.10 Å². The van der Waals surface area contributed by atoms with Gasteiger partial charge >= 0.3 is 0 Å². The van der Waals surface area contributed by atoms with Gasteiger partial charge in [-0.25, -0.2) is 0 Å². The molecule has 1 aromatic carbocycles. The Hall–Kier alpha value is -2.24. The molecule has 0 saturated heterocycles. The maximum Gasteiger partial charge on any atom is 0.270 e. The van der Waals surface area contributed by atoms with E-state index in [1.807, 2.05) is 14.1 Å². The van der Waals surface area contributed by atoms with Crippen molar-refractivity contribution in [1.82, 2.24) is 5.01 Å². The highest BCUT2D eigenvalue weighted by Crippen LogP contribution is 2.33. The number of hydrogen-bond donors (Lipinski definition) is 0. The van der Waals surface area contributed by atoms with Crippen molar-refractivity contribution >= 4 is 22.8 Å². The lowest BCUT2D eigenvalue weighted by atomic mass is 9.86. The van der Waals surface area contributed by atoms with Gasteiger partial charge in [-0.05, 0) is 17.9 Å². The Bertz CT molecular complexity index is 655. The molecule has 1 heterocycles. The molecule has 0 aliphatic carbocycles. The van der Waals surface area contributed by atoms with E-state index in [4.69, 9.17) is 0 Å². The Morgan fingerprint density at radius 3 is 2.59 bits per heavy atom. The highest BCUT2D eigenvalue weighted by Gasteiger charge is 2.24. The Balaban J connectivity index is 2.50. The summed E-state index contributed by atoms with van der Waals surface area (Å²) >= 11 is 0. The minimum Gasteiger partial charge on any atom is -0.303 e. The van der Waals surface area contributed by atoms with Crippen molar-refractivity contribution < 1.29 is 4.92 Å². The van der Waals surface area contributed by atoms with Crippen molar-refractivity contribution in [2.75, 3.05) is 14.1 Å². The first-order chi connectivity index (χ1) is 10.2. The lowest BCUT2D eigenvalue weighted by Gasteiger charge is -2.24. The molecule has 0 atom stereocenters. The number of nitrogens with zero attached hydrogens (tertiary/aromatic N) is 4. The van der Waals surface area contributed by atoms with E-state index >= 15 is 0 Å². The smallest absolute Gasteiger partial charge is 0.270 e. The number of aliphatic imine (C=N–C) groups is 1. The van der Waals surface area contributed by atoms with Crippen molar-refractivity contribution in [3.63, 3.8) is 0 Å². The Morgan fingerprint density at radius 2 is 2.05 bits per heavy atom. The summed E-state index contributed by atoms with van der Waals surface area (Å²) in [6, 6.07) is 4.77. The van der Waals surface area contributed by atoms with Crippen molar-refractivity contribution in [3.05, 3.63) is 33.9 Å². The predicted octanol–water partition coefficient (Wildman–Crippen LogP) is 3.77. The van der Waals surface area contributed by atoms with E-state index in [1.165, 1.54) is 6.07 Å².